The molecule has 0 aliphatic rings. The number of rotatable bonds is 6. The van der Waals surface area contributed by atoms with Crippen molar-refractivity contribution in [1.82, 2.24) is 0 Å². The van der Waals surface area contributed by atoms with Gasteiger partial charge in [-0.3, -0.25) is 0 Å². The molecule has 1 N–H and O–H groups in total. The van der Waals surface area contributed by atoms with Crippen LogP contribution in [0, 0.1) is 0 Å². The highest BCUT2D eigenvalue weighted by Gasteiger charge is 1.99. The number of nitrogens with one attached hydrogen (secondary N) is 1. The molecule has 0 aliphatic heterocycles. The Morgan fingerprint density at radius 1 is 1.11 bits per heavy atom. The monoisotopic (exact) mass is 339 g/mol. The lowest BCUT2D eigenvalue weighted by molar-refractivity contribution is 0.315. The third-order valence-corrected chi connectivity index (χ3v) is 3.47. The predicted molar refractivity (Wildman–Crippen MR) is 84.2 cm³/mol. The maximum atomic E-state index is 5.89. The average molecular weight is 341 g/mol. The Morgan fingerprint density at radius 3 is 2.63 bits per heavy atom. The number of halogens is 2. The van der Waals surface area contributed by atoms with Crippen LogP contribution in [0.4, 0.5) is 5.69 Å². The zero-order chi connectivity index (χ0) is 13.5. The van der Waals surface area contributed by atoms with Crippen LogP contribution in [0.25, 0.3) is 0 Å². The largest absolute Gasteiger partial charge is 0.494 e. The summed E-state index contributed by atoms with van der Waals surface area (Å²) in [4.78, 5) is 0. The second-order valence-electron chi connectivity index (χ2n) is 4.07. The number of hydrogen-bond donors (Lipinski definition) is 1. The lowest BCUT2D eigenvalue weighted by Gasteiger charge is -2.09. The first-order valence-corrected chi connectivity index (χ1v) is 7.29. The van der Waals surface area contributed by atoms with Crippen LogP contribution in [-0.4, -0.2) is 13.2 Å². The molecule has 0 bridgehead atoms. The van der Waals surface area contributed by atoms with Gasteiger partial charge in [0, 0.05) is 21.7 Å². The fourth-order valence-electron chi connectivity index (χ4n) is 1.63. The summed E-state index contributed by atoms with van der Waals surface area (Å²) >= 11 is 9.37. The highest BCUT2D eigenvalue weighted by molar-refractivity contribution is 9.10. The topological polar surface area (TPSA) is 21.3 Å². The van der Waals surface area contributed by atoms with Crippen LogP contribution in [0.2, 0.25) is 5.02 Å². The predicted octanol–water partition coefficient (Wildman–Crippen LogP) is 4.98. The lowest BCUT2D eigenvalue weighted by Crippen LogP contribution is -2.07. The fourth-order valence-corrected chi connectivity index (χ4v) is 2.46. The third kappa shape index (κ3) is 4.77. The maximum Gasteiger partial charge on any atom is 0.119 e. The molecule has 2 nitrogen and oxygen atoms in total. The van der Waals surface area contributed by atoms with Crippen molar-refractivity contribution in [2.24, 2.45) is 0 Å². The molecule has 19 heavy (non-hydrogen) atoms. The van der Waals surface area contributed by atoms with E-state index in [0.29, 0.717) is 6.61 Å². The van der Waals surface area contributed by atoms with E-state index in [-0.39, 0.29) is 0 Å². The first-order chi connectivity index (χ1) is 9.25. The Hall–Kier alpha value is -1.19. The van der Waals surface area contributed by atoms with Gasteiger partial charge in [0.2, 0.25) is 0 Å². The standard InChI is InChI=1S/C15H15BrClNO/c16-14-11-12(17)7-8-15(14)18-9-4-10-19-13-5-2-1-3-6-13/h1-3,5-8,11,18H,4,9-10H2. The molecule has 0 fully saturated rings. The van der Waals surface area contributed by atoms with Crippen LogP contribution in [-0.2, 0) is 0 Å². The second-order valence-corrected chi connectivity index (χ2v) is 5.36. The van der Waals surface area contributed by atoms with Crippen molar-refractivity contribution in [1.29, 1.82) is 0 Å². The summed E-state index contributed by atoms with van der Waals surface area (Å²) in [6.07, 6.45) is 0.934. The van der Waals surface area contributed by atoms with E-state index < -0.39 is 0 Å². The van der Waals surface area contributed by atoms with Crippen molar-refractivity contribution in [3.63, 3.8) is 0 Å². The Labute approximate surface area is 126 Å². The van der Waals surface area contributed by atoms with Crippen molar-refractivity contribution in [2.45, 2.75) is 6.42 Å². The summed E-state index contributed by atoms with van der Waals surface area (Å²) in [5, 5.41) is 4.07. The van der Waals surface area contributed by atoms with Gasteiger partial charge in [0.1, 0.15) is 5.75 Å². The number of hydrogen-bond acceptors (Lipinski definition) is 2. The van der Waals surface area contributed by atoms with E-state index in [2.05, 4.69) is 21.2 Å². The van der Waals surface area contributed by atoms with Gasteiger partial charge in [0.15, 0.2) is 0 Å². The molecular formula is C15H15BrClNO. The van der Waals surface area contributed by atoms with Gasteiger partial charge >= 0.3 is 0 Å². The van der Waals surface area contributed by atoms with Crippen molar-refractivity contribution < 1.29 is 4.74 Å². The highest BCUT2D eigenvalue weighted by atomic mass is 79.9. The minimum Gasteiger partial charge on any atom is -0.494 e. The maximum absolute atomic E-state index is 5.89. The van der Waals surface area contributed by atoms with E-state index in [1.165, 1.54) is 0 Å². The molecular weight excluding hydrogens is 326 g/mol. The molecule has 0 aliphatic carbocycles. The summed E-state index contributed by atoms with van der Waals surface area (Å²) in [6.45, 7) is 1.55. The molecule has 0 amide bonds. The van der Waals surface area contributed by atoms with Crippen molar-refractivity contribution in [3.05, 3.63) is 58.0 Å². The fraction of sp³-hybridized carbons (Fsp3) is 0.200. The van der Waals surface area contributed by atoms with Gasteiger partial charge in [0.25, 0.3) is 0 Å². The zero-order valence-corrected chi connectivity index (χ0v) is 12.7. The Kier molecular flexibility index (Phi) is 5.55. The van der Waals surface area contributed by atoms with Crippen LogP contribution in [0.15, 0.2) is 53.0 Å². The molecule has 0 unspecified atom stereocenters. The second kappa shape index (κ2) is 7.41. The highest BCUT2D eigenvalue weighted by Crippen LogP contribution is 2.25. The number of ether oxygens (including phenoxy) is 1. The third-order valence-electron chi connectivity index (χ3n) is 2.58. The van der Waals surface area contributed by atoms with Crippen molar-refractivity contribution in [3.8, 4) is 5.75 Å². The number of para-hydroxylation sites is 1. The van der Waals surface area contributed by atoms with Gasteiger partial charge in [0.05, 0.1) is 6.61 Å². The van der Waals surface area contributed by atoms with Crippen LogP contribution >= 0.6 is 27.5 Å². The van der Waals surface area contributed by atoms with E-state index in [0.717, 1.165) is 33.9 Å². The summed E-state index contributed by atoms with van der Waals surface area (Å²) in [5.41, 5.74) is 1.05. The van der Waals surface area contributed by atoms with Gasteiger partial charge in [-0.15, -0.1) is 0 Å². The van der Waals surface area contributed by atoms with E-state index >= 15 is 0 Å². The van der Waals surface area contributed by atoms with Crippen LogP contribution in [0.1, 0.15) is 6.42 Å². The smallest absolute Gasteiger partial charge is 0.119 e. The van der Waals surface area contributed by atoms with Crippen molar-refractivity contribution >= 4 is 33.2 Å². The quantitative estimate of drug-likeness (QED) is 0.749. The zero-order valence-electron chi connectivity index (χ0n) is 10.4. The van der Waals surface area contributed by atoms with E-state index in [4.69, 9.17) is 16.3 Å². The molecule has 0 saturated heterocycles. The van der Waals surface area contributed by atoms with Gasteiger partial charge in [-0.2, -0.15) is 0 Å². The molecule has 0 spiro atoms. The molecule has 0 heterocycles. The number of anilines is 1. The normalized spacial score (nSPS) is 10.2. The minimum absolute atomic E-state index is 0.697. The molecule has 100 valence electrons. The lowest BCUT2D eigenvalue weighted by atomic mass is 10.3. The molecule has 4 heteroatoms. The van der Waals surface area contributed by atoms with Crippen LogP contribution in [0.5, 0.6) is 5.75 Å². The van der Waals surface area contributed by atoms with E-state index in [9.17, 15) is 0 Å². The Balaban J connectivity index is 1.69. The summed E-state index contributed by atoms with van der Waals surface area (Å²) < 4.78 is 6.60. The number of benzene rings is 2. The molecule has 2 rings (SSSR count). The summed E-state index contributed by atoms with van der Waals surface area (Å²) in [5.74, 6) is 0.912. The van der Waals surface area contributed by atoms with Crippen molar-refractivity contribution in [2.75, 3.05) is 18.5 Å². The first kappa shape index (κ1) is 14.2. The van der Waals surface area contributed by atoms with Crippen LogP contribution < -0.4 is 10.1 Å². The molecule has 0 aromatic heterocycles. The van der Waals surface area contributed by atoms with Gasteiger partial charge in [-0.05, 0) is 52.7 Å². The van der Waals surface area contributed by atoms with E-state index in [1.54, 1.807) is 0 Å². The summed E-state index contributed by atoms with van der Waals surface area (Å²) in [6, 6.07) is 15.6. The Morgan fingerprint density at radius 2 is 1.89 bits per heavy atom. The molecule has 0 saturated carbocycles. The van der Waals surface area contributed by atoms with Gasteiger partial charge in [-0.1, -0.05) is 29.8 Å². The molecule has 0 atom stereocenters. The average Bonchev–Trinajstić information content (AvgIpc) is 2.42. The minimum atomic E-state index is 0.697. The first-order valence-electron chi connectivity index (χ1n) is 6.12. The van der Waals surface area contributed by atoms with Crippen LogP contribution in [0.3, 0.4) is 0 Å². The molecule has 2 aromatic rings. The molecule has 0 radical (unpaired) electrons. The summed E-state index contributed by atoms with van der Waals surface area (Å²) in [7, 11) is 0. The van der Waals surface area contributed by atoms with Gasteiger partial charge < -0.3 is 10.1 Å². The SMILES string of the molecule is Clc1ccc(NCCCOc2ccccc2)c(Br)c1. The Bertz CT molecular complexity index is 519. The van der Waals surface area contributed by atoms with E-state index in [1.807, 2.05) is 48.5 Å². The molecule has 2 aromatic carbocycles. The van der Waals surface area contributed by atoms with Gasteiger partial charge in [-0.25, -0.2) is 0 Å².